The van der Waals surface area contributed by atoms with Gasteiger partial charge in [0.2, 0.25) is 0 Å². The zero-order valence-electron chi connectivity index (χ0n) is 14.8. The van der Waals surface area contributed by atoms with Crippen molar-refractivity contribution in [3.8, 4) is 0 Å². The third-order valence-electron chi connectivity index (χ3n) is 3.79. The Hall–Kier alpha value is -3.43. The van der Waals surface area contributed by atoms with Crippen molar-refractivity contribution in [3.05, 3.63) is 35.9 Å². The van der Waals surface area contributed by atoms with Gasteiger partial charge in [-0.2, -0.15) is 0 Å². The van der Waals surface area contributed by atoms with E-state index < -0.39 is 48.6 Å². The van der Waals surface area contributed by atoms with E-state index in [1.807, 2.05) is 5.32 Å². The van der Waals surface area contributed by atoms with E-state index in [2.05, 4.69) is 14.8 Å². The van der Waals surface area contributed by atoms with E-state index in [1.54, 1.807) is 37.3 Å². The molecule has 5 amide bonds. The van der Waals surface area contributed by atoms with Crippen molar-refractivity contribution < 1.29 is 33.4 Å². The first-order valence-electron chi connectivity index (χ1n) is 8.09. The molecule has 27 heavy (non-hydrogen) atoms. The highest BCUT2D eigenvalue weighted by atomic mass is 16.6. The van der Waals surface area contributed by atoms with Crippen LogP contribution in [0.4, 0.5) is 9.59 Å². The van der Waals surface area contributed by atoms with Crippen LogP contribution in [0.3, 0.4) is 0 Å². The molecule has 1 fully saturated rings. The fourth-order valence-electron chi connectivity index (χ4n) is 2.45. The highest BCUT2D eigenvalue weighted by molar-refractivity contribution is 6.08. The number of ether oxygens (including phenoxy) is 2. The first kappa shape index (κ1) is 19.9. The van der Waals surface area contributed by atoms with Gasteiger partial charge in [-0.15, -0.1) is 0 Å². The number of nitrogens with one attached hydrogen (secondary N) is 2. The van der Waals surface area contributed by atoms with Gasteiger partial charge in [0, 0.05) is 0 Å². The lowest BCUT2D eigenvalue weighted by molar-refractivity contribution is -0.151. The van der Waals surface area contributed by atoms with Crippen molar-refractivity contribution in [2.75, 3.05) is 19.8 Å². The molecule has 2 N–H and O–H groups in total. The Balaban J connectivity index is 1.92. The van der Waals surface area contributed by atoms with Gasteiger partial charge in [0.1, 0.15) is 12.1 Å². The molecular formula is C17H19N3O7. The number of benzene rings is 1. The smallest absolute Gasteiger partial charge is 0.413 e. The molecule has 1 saturated heterocycles. The second-order valence-electron chi connectivity index (χ2n) is 5.74. The van der Waals surface area contributed by atoms with Gasteiger partial charge >= 0.3 is 18.1 Å². The Morgan fingerprint density at radius 3 is 2.44 bits per heavy atom. The highest BCUT2D eigenvalue weighted by Crippen LogP contribution is 2.28. The van der Waals surface area contributed by atoms with Gasteiger partial charge in [0.15, 0.2) is 6.61 Å². The summed E-state index contributed by atoms with van der Waals surface area (Å²) in [5, 5.41) is 4.39. The van der Waals surface area contributed by atoms with Gasteiger partial charge < -0.3 is 14.8 Å². The zero-order chi connectivity index (χ0) is 20.0. The summed E-state index contributed by atoms with van der Waals surface area (Å²) in [6.45, 7) is 1.74. The van der Waals surface area contributed by atoms with Crippen molar-refractivity contribution >= 4 is 29.9 Å². The third kappa shape index (κ3) is 4.60. The topological polar surface area (TPSA) is 131 Å². The molecule has 144 valence electrons. The van der Waals surface area contributed by atoms with E-state index >= 15 is 0 Å². The molecule has 0 aliphatic carbocycles. The lowest BCUT2D eigenvalue weighted by atomic mass is 9.92. The maximum atomic E-state index is 12.6. The molecule has 0 saturated carbocycles. The first-order valence-corrected chi connectivity index (χ1v) is 8.09. The Bertz CT molecular complexity index is 765. The number of hydrogen-bond acceptors (Lipinski definition) is 7. The number of nitrogens with zero attached hydrogens (tertiary/aromatic N) is 1. The van der Waals surface area contributed by atoms with Crippen molar-refractivity contribution in [1.82, 2.24) is 15.5 Å². The largest absolute Gasteiger partial charge is 0.454 e. The average Bonchev–Trinajstić information content (AvgIpc) is 2.85. The fraction of sp³-hybridized carbons (Fsp3) is 0.353. The van der Waals surface area contributed by atoms with Gasteiger partial charge in [-0.05, 0) is 19.4 Å². The van der Waals surface area contributed by atoms with Crippen molar-refractivity contribution in [1.29, 1.82) is 0 Å². The summed E-state index contributed by atoms with van der Waals surface area (Å²) in [5.74, 6) is -2.49. The van der Waals surface area contributed by atoms with Crippen LogP contribution in [0, 0.1) is 0 Å². The number of rotatable bonds is 6. The summed E-state index contributed by atoms with van der Waals surface area (Å²) in [5.41, 5.74) is -0.743. The number of alkyl carbamates (subject to hydrolysis) is 1. The van der Waals surface area contributed by atoms with E-state index in [0.717, 1.165) is 0 Å². The number of esters is 1. The molecular weight excluding hydrogens is 358 g/mol. The summed E-state index contributed by atoms with van der Waals surface area (Å²) >= 11 is 0. The van der Waals surface area contributed by atoms with Crippen LogP contribution in [0.15, 0.2) is 30.3 Å². The van der Waals surface area contributed by atoms with Crippen LogP contribution < -0.4 is 10.6 Å². The van der Waals surface area contributed by atoms with Crippen molar-refractivity contribution in [2.45, 2.75) is 19.4 Å². The van der Waals surface area contributed by atoms with Gasteiger partial charge in [-0.3, -0.25) is 24.6 Å². The Kier molecular flexibility index (Phi) is 6.11. The minimum Gasteiger partial charge on any atom is -0.454 e. The molecule has 0 radical (unpaired) electrons. The van der Waals surface area contributed by atoms with E-state index in [1.165, 1.54) is 6.92 Å². The molecule has 1 aromatic rings. The minimum atomic E-state index is -1.31. The normalized spacial score (nSPS) is 18.7. The Morgan fingerprint density at radius 2 is 1.81 bits per heavy atom. The molecule has 1 aliphatic rings. The highest BCUT2D eigenvalue weighted by Gasteiger charge is 2.49. The first-order chi connectivity index (χ1) is 12.8. The molecule has 1 heterocycles. The van der Waals surface area contributed by atoms with E-state index in [-0.39, 0.29) is 6.61 Å². The SMILES string of the molecule is CCOC(=O)NC(=O)COC(=O)CN1C(=O)N[C@](C)(c2ccccc2)C1=O. The van der Waals surface area contributed by atoms with Crippen LogP contribution in [0.5, 0.6) is 0 Å². The molecule has 10 heteroatoms. The summed E-state index contributed by atoms with van der Waals surface area (Å²) < 4.78 is 9.19. The molecule has 2 rings (SSSR count). The van der Waals surface area contributed by atoms with Crippen LogP contribution in [0.25, 0.3) is 0 Å². The molecule has 1 atom stereocenters. The van der Waals surface area contributed by atoms with E-state index in [0.29, 0.717) is 10.5 Å². The second-order valence-corrected chi connectivity index (χ2v) is 5.74. The Labute approximate surface area is 154 Å². The monoisotopic (exact) mass is 377 g/mol. The predicted molar refractivity (Wildman–Crippen MR) is 90.2 cm³/mol. The third-order valence-corrected chi connectivity index (χ3v) is 3.79. The van der Waals surface area contributed by atoms with Crippen molar-refractivity contribution in [2.24, 2.45) is 0 Å². The maximum absolute atomic E-state index is 12.6. The fourth-order valence-corrected chi connectivity index (χ4v) is 2.45. The van der Waals surface area contributed by atoms with Gasteiger partial charge in [-0.25, -0.2) is 9.59 Å². The number of hydrogen-bond donors (Lipinski definition) is 2. The van der Waals surface area contributed by atoms with Gasteiger partial charge in [0.25, 0.3) is 11.8 Å². The lowest BCUT2D eigenvalue weighted by Crippen LogP contribution is -2.42. The number of urea groups is 1. The molecule has 0 aromatic heterocycles. The zero-order valence-corrected chi connectivity index (χ0v) is 14.8. The summed E-state index contributed by atoms with van der Waals surface area (Å²) in [4.78, 5) is 59.8. The Morgan fingerprint density at radius 1 is 1.15 bits per heavy atom. The van der Waals surface area contributed by atoms with Crippen LogP contribution in [-0.4, -0.2) is 54.6 Å². The van der Waals surface area contributed by atoms with Gasteiger partial charge in [0.05, 0.1) is 6.61 Å². The van der Waals surface area contributed by atoms with Crippen LogP contribution >= 0.6 is 0 Å². The van der Waals surface area contributed by atoms with Crippen LogP contribution in [0.2, 0.25) is 0 Å². The number of amides is 5. The number of imide groups is 2. The molecule has 1 aliphatic heterocycles. The summed E-state index contributed by atoms with van der Waals surface area (Å²) in [7, 11) is 0. The lowest BCUT2D eigenvalue weighted by Gasteiger charge is -2.21. The standard InChI is InChI=1S/C17H19N3O7/c1-3-26-16(25)18-12(21)10-27-13(22)9-20-14(23)17(2,19-15(20)24)11-7-5-4-6-8-11/h4-8H,3,9-10H2,1-2H3,(H,19,24)(H,18,21,25)/t17-/m1/s1. The molecule has 0 spiro atoms. The molecule has 10 nitrogen and oxygen atoms in total. The minimum absolute atomic E-state index is 0.0747. The maximum Gasteiger partial charge on any atom is 0.413 e. The number of carbonyl (C=O) groups excluding carboxylic acids is 5. The van der Waals surface area contributed by atoms with Crippen molar-refractivity contribution in [3.63, 3.8) is 0 Å². The predicted octanol–water partition coefficient (Wildman–Crippen LogP) is 0.270. The van der Waals surface area contributed by atoms with E-state index in [4.69, 9.17) is 0 Å². The quantitative estimate of drug-likeness (QED) is 0.537. The summed E-state index contributed by atoms with van der Waals surface area (Å²) in [6, 6.07) is 7.82. The van der Waals surface area contributed by atoms with Crippen LogP contribution in [-0.2, 0) is 29.4 Å². The van der Waals surface area contributed by atoms with E-state index in [9.17, 15) is 24.0 Å². The second kappa shape index (κ2) is 8.30. The number of carbonyl (C=O) groups is 5. The average molecular weight is 377 g/mol. The van der Waals surface area contributed by atoms with Crippen LogP contribution in [0.1, 0.15) is 19.4 Å². The van der Waals surface area contributed by atoms with Gasteiger partial charge in [-0.1, -0.05) is 30.3 Å². The molecule has 0 unspecified atom stereocenters. The molecule has 0 bridgehead atoms. The summed E-state index contributed by atoms with van der Waals surface area (Å²) in [6.07, 6.45) is -0.966. The molecule has 1 aromatic carbocycles.